The lowest BCUT2D eigenvalue weighted by molar-refractivity contribution is 0.0910. The highest BCUT2D eigenvalue weighted by Gasteiger charge is 2.22. The third-order valence-electron chi connectivity index (χ3n) is 3.37. The van der Waals surface area contributed by atoms with Gasteiger partial charge >= 0.3 is 0 Å². The standard InChI is InChI=1S/C15H21NO3/c1-9(2)14(10(3)4)16-15(17)11-5-6-12-13(7-11)19-8-18-12/h5-7,9-10,14H,8H2,1-4H3,(H,16,17). The van der Waals surface area contributed by atoms with Gasteiger partial charge < -0.3 is 14.8 Å². The van der Waals surface area contributed by atoms with E-state index in [1.54, 1.807) is 18.2 Å². The first kappa shape index (κ1) is 13.7. The van der Waals surface area contributed by atoms with Crippen LogP contribution >= 0.6 is 0 Å². The van der Waals surface area contributed by atoms with Crippen molar-refractivity contribution in [3.63, 3.8) is 0 Å². The first-order chi connectivity index (χ1) is 8.99. The average Bonchev–Trinajstić information content (AvgIpc) is 2.81. The highest BCUT2D eigenvalue weighted by Crippen LogP contribution is 2.32. The number of carbonyl (C=O) groups excluding carboxylic acids is 1. The van der Waals surface area contributed by atoms with Crippen molar-refractivity contribution in [2.45, 2.75) is 33.7 Å². The van der Waals surface area contributed by atoms with Gasteiger partial charge in [-0.2, -0.15) is 0 Å². The number of carbonyl (C=O) groups is 1. The second kappa shape index (κ2) is 5.51. The SMILES string of the molecule is CC(C)C(NC(=O)c1ccc2c(c1)OCO2)C(C)C. The molecule has 0 spiro atoms. The number of hydrogen-bond donors (Lipinski definition) is 1. The molecule has 0 atom stereocenters. The fraction of sp³-hybridized carbons (Fsp3) is 0.533. The fourth-order valence-corrected chi connectivity index (χ4v) is 2.38. The molecule has 1 heterocycles. The summed E-state index contributed by atoms with van der Waals surface area (Å²) in [4.78, 5) is 12.3. The molecular formula is C15H21NO3. The van der Waals surface area contributed by atoms with Gasteiger partial charge in [-0.25, -0.2) is 0 Å². The van der Waals surface area contributed by atoms with Crippen molar-refractivity contribution >= 4 is 5.91 Å². The molecule has 2 rings (SSSR count). The normalized spacial score (nSPS) is 13.4. The van der Waals surface area contributed by atoms with E-state index in [-0.39, 0.29) is 18.7 Å². The van der Waals surface area contributed by atoms with Gasteiger partial charge in [0.15, 0.2) is 11.5 Å². The predicted octanol–water partition coefficient (Wildman–Crippen LogP) is 2.83. The van der Waals surface area contributed by atoms with Crippen LogP contribution in [0.5, 0.6) is 11.5 Å². The Hall–Kier alpha value is -1.71. The maximum absolute atomic E-state index is 12.3. The van der Waals surface area contributed by atoms with Gasteiger partial charge in [-0.05, 0) is 30.0 Å². The number of benzene rings is 1. The third kappa shape index (κ3) is 3.00. The molecule has 0 fully saturated rings. The van der Waals surface area contributed by atoms with Crippen LogP contribution in [-0.2, 0) is 0 Å². The minimum Gasteiger partial charge on any atom is -0.454 e. The Morgan fingerprint density at radius 1 is 1.11 bits per heavy atom. The van der Waals surface area contributed by atoms with Crippen molar-refractivity contribution in [2.24, 2.45) is 11.8 Å². The molecule has 0 aliphatic carbocycles. The van der Waals surface area contributed by atoms with Crippen LogP contribution in [0.15, 0.2) is 18.2 Å². The fourth-order valence-electron chi connectivity index (χ4n) is 2.38. The maximum atomic E-state index is 12.3. The lowest BCUT2D eigenvalue weighted by atomic mass is 9.93. The number of rotatable bonds is 4. The van der Waals surface area contributed by atoms with E-state index in [9.17, 15) is 4.79 Å². The monoisotopic (exact) mass is 263 g/mol. The molecule has 0 radical (unpaired) electrons. The highest BCUT2D eigenvalue weighted by molar-refractivity contribution is 5.95. The summed E-state index contributed by atoms with van der Waals surface area (Å²) >= 11 is 0. The maximum Gasteiger partial charge on any atom is 0.251 e. The molecule has 1 amide bonds. The second-order valence-corrected chi connectivity index (χ2v) is 5.56. The molecule has 0 saturated heterocycles. The summed E-state index contributed by atoms with van der Waals surface area (Å²) < 4.78 is 10.5. The van der Waals surface area contributed by atoms with E-state index >= 15 is 0 Å². The molecule has 4 nitrogen and oxygen atoms in total. The molecule has 19 heavy (non-hydrogen) atoms. The largest absolute Gasteiger partial charge is 0.454 e. The molecule has 104 valence electrons. The summed E-state index contributed by atoms with van der Waals surface area (Å²) in [6, 6.07) is 5.44. The first-order valence-electron chi connectivity index (χ1n) is 6.69. The quantitative estimate of drug-likeness (QED) is 0.908. The molecule has 0 unspecified atom stereocenters. The Morgan fingerprint density at radius 2 is 1.74 bits per heavy atom. The van der Waals surface area contributed by atoms with Crippen LogP contribution in [0, 0.1) is 11.8 Å². The summed E-state index contributed by atoms with van der Waals surface area (Å²) in [5, 5.41) is 3.09. The first-order valence-corrected chi connectivity index (χ1v) is 6.69. The van der Waals surface area contributed by atoms with Gasteiger partial charge in [-0.1, -0.05) is 27.7 Å². The van der Waals surface area contributed by atoms with E-state index in [2.05, 4.69) is 33.0 Å². The molecular weight excluding hydrogens is 242 g/mol. The lowest BCUT2D eigenvalue weighted by Gasteiger charge is -2.26. The Morgan fingerprint density at radius 3 is 2.37 bits per heavy atom. The van der Waals surface area contributed by atoms with Gasteiger partial charge in [-0.3, -0.25) is 4.79 Å². The van der Waals surface area contributed by atoms with E-state index in [0.717, 1.165) is 0 Å². The summed E-state index contributed by atoms with van der Waals surface area (Å²) in [5.41, 5.74) is 0.607. The Labute approximate surface area is 114 Å². The summed E-state index contributed by atoms with van der Waals surface area (Å²) in [5.74, 6) is 2.07. The van der Waals surface area contributed by atoms with Gasteiger partial charge in [-0.15, -0.1) is 0 Å². The van der Waals surface area contributed by atoms with Crippen molar-refractivity contribution < 1.29 is 14.3 Å². The van der Waals surface area contributed by atoms with Gasteiger partial charge in [0, 0.05) is 11.6 Å². The van der Waals surface area contributed by atoms with Crippen LogP contribution in [0.2, 0.25) is 0 Å². The minimum atomic E-state index is -0.0642. The molecule has 4 heteroatoms. The third-order valence-corrected chi connectivity index (χ3v) is 3.37. The summed E-state index contributed by atoms with van der Waals surface area (Å²) in [7, 11) is 0. The smallest absolute Gasteiger partial charge is 0.251 e. The van der Waals surface area contributed by atoms with Crippen LogP contribution in [0.3, 0.4) is 0 Å². The molecule has 1 aliphatic rings. The number of hydrogen-bond acceptors (Lipinski definition) is 3. The molecule has 0 aromatic heterocycles. The number of fused-ring (bicyclic) bond motifs is 1. The van der Waals surface area contributed by atoms with E-state index in [1.807, 2.05) is 0 Å². The van der Waals surface area contributed by atoms with Crippen LogP contribution in [0.4, 0.5) is 0 Å². The van der Waals surface area contributed by atoms with E-state index < -0.39 is 0 Å². The zero-order valence-corrected chi connectivity index (χ0v) is 11.9. The Bertz CT molecular complexity index is 460. The molecule has 1 aromatic rings. The zero-order chi connectivity index (χ0) is 14.0. The second-order valence-electron chi connectivity index (χ2n) is 5.56. The van der Waals surface area contributed by atoms with Crippen molar-refractivity contribution in [1.82, 2.24) is 5.32 Å². The van der Waals surface area contributed by atoms with Crippen molar-refractivity contribution in [3.8, 4) is 11.5 Å². The van der Waals surface area contributed by atoms with Crippen molar-refractivity contribution in [2.75, 3.05) is 6.79 Å². The van der Waals surface area contributed by atoms with Gasteiger partial charge in [0.05, 0.1) is 0 Å². The van der Waals surface area contributed by atoms with Crippen LogP contribution in [0.25, 0.3) is 0 Å². The Balaban J connectivity index is 2.11. The Kier molecular flexibility index (Phi) is 3.98. The summed E-state index contributed by atoms with van der Waals surface area (Å²) in [6.07, 6.45) is 0. The van der Waals surface area contributed by atoms with E-state index in [0.29, 0.717) is 28.9 Å². The molecule has 1 aromatic carbocycles. The minimum absolute atomic E-state index is 0.0642. The van der Waals surface area contributed by atoms with E-state index in [1.165, 1.54) is 0 Å². The zero-order valence-electron chi connectivity index (χ0n) is 11.9. The molecule has 1 N–H and O–H groups in total. The number of nitrogens with one attached hydrogen (secondary N) is 1. The molecule has 1 aliphatic heterocycles. The van der Waals surface area contributed by atoms with Gasteiger partial charge in [0.25, 0.3) is 5.91 Å². The lowest BCUT2D eigenvalue weighted by Crippen LogP contribution is -2.42. The topological polar surface area (TPSA) is 47.6 Å². The highest BCUT2D eigenvalue weighted by atomic mass is 16.7. The average molecular weight is 263 g/mol. The van der Waals surface area contributed by atoms with Gasteiger partial charge in [0.2, 0.25) is 6.79 Å². The molecule has 0 saturated carbocycles. The van der Waals surface area contributed by atoms with E-state index in [4.69, 9.17) is 9.47 Å². The van der Waals surface area contributed by atoms with Crippen molar-refractivity contribution in [3.05, 3.63) is 23.8 Å². The van der Waals surface area contributed by atoms with Crippen LogP contribution in [0.1, 0.15) is 38.1 Å². The van der Waals surface area contributed by atoms with Crippen LogP contribution < -0.4 is 14.8 Å². The number of ether oxygens (including phenoxy) is 2. The summed E-state index contributed by atoms with van der Waals surface area (Å²) in [6.45, 7) is 8.69. The predicted molar refractivity (Wildman–Crippen MR) is 73.5 cm³/mol. The van der Waals surface area contributed by atoms with Gasteiger partial charge in [0.1, 0.15) is 0 Å². The number of amides is 1. The van der Waals surface area contributed by atoms with Crippen LogP contribution in [-0.4, -0.2) is 18.7 Å². The molecule has 0 bridgehead atoms. The van der Waals surface area contributed by atoms with Crippen molar-refractivity contribution in [1.29, 1.82) is 0 Å².